The van der Waals surface area contributed by atoms with Crippen LogP contribution in [0.1, 0.15) is 71.0 Å². The number of benzene rings is 4. The van der Waals surface area contributed by atoms with E-state index in [0.717, 1.165) is 41.9 Å². The minimum atomic E-state index is -4.61. The third-order valence-electron chi connectivity index (χ3n) is 9.05. The highest BCUT2D eigenvalue weighted by atomic mass is 35.5. The maximum absolute atomic E-state index is 14.8. The van der Waals surface area contributed by atoms with Crippen LogP contribution in [0.3, 0.4) is 0 Å². The molecular weight excluding hydrogens is 736 g/mol. The zero-order valence-electron chi connectivity index (χ0n) is 28.7. The summed E-state index contributed by atoms with van der Waals surface area (Å²) >= 11 is 12.5. The molecule has 0 bridgehead atoms. The first-order valence-electron chi connectivity index (χ1n) is 16.7. The average molecular weight is 774 g/mol. The van der Waals surface area contributed by atoms with Crippen LogP contribution in [-0.2, 0) is 17.5 Å². The molecule has 0 radical (unpaired) electrons. The topological polar surface area (TPSA) is 65.5 Å². The Morgan fingerprint density at radius 1 is 0.846 bits per heavy atom. The summed E-state index contributed by atoms with van der Waals surface area (Å²) in [6.07, 6.45) is -5.07. The van der Waals surface area contributed by atoms with E-state index < -0.39 is 29.9 Å². The first kappa shape index (κ1) is 39.1. The van der Waals surface area contributed by atoms with Gasteiger partial charge in [0.25, 0.3) is 5.91 Å². The van der Waals surface area contributed by atoms with Crippen LogP contribution in [0.4, 0.5) is 13.2 Å². The van der Waals surface area contributed by atoms with E-state index in [1.54, 1.807) is 62.1 Å². The van der Waals surface area contributed by atoms with Crippen LogP contribution in [0, 0.1) is 0 Å². The molecule has 0 saturated carbocycles. The van der Waals surface area contributed by atoms with E-state index in [1.807, 2.05) is 41.3 Å². The number of amides is 2. The van der Waals surface area contributed by atoms with Crippen LogP contribution in [0.5, 0.6) is 5.75 Å². The molecule has 7 nitrogen and oxygen atoms in total. The number of ether oxygens (including phenoxy) is 1. The molecule has 4 aromatic rings. The van der Waals surface area contributed by atoms with Crippen molar-refractivity contribution in [2.75, 3.05) is 26.2 Å². The van der Waals surface area contributed by atoms with Crippen molar-refractivity contribution in [1.82, 2.24) is 14.7 Å². The fourth-order valence-electron chi connectivity index (χ4n) is 6.47. The highest BCUT2D eigenvalue weighted by Gasteiger charge is 2.44. The Hall–Kier alpha value is -4.09. The molecule has 0 N–H and O–H groups in total. The fourth-order valence-corrected chi connectivity index (χ4v) is 6.73. The van der Waals surface area contributed by atoms with Crippen LogP contribution < -0.4 is 4.74 Å². The number of amidine groups is 1. The fraction of sp³-hybridized carbons (Fsp3) is 0.308. The SMILES string of the molecule is CC(=O)N1CCN(Cc2ccc(C(=O)N3C(c4ccc(C(F)(F)F)cc4OC(C)C)=NC(c4ccc(Cl)cc4)C3c3ccc(Cl)cc3)cc2)CC1.Cl. The zero-order valence-corrected chi connectivity index (χ0v) is 31.1. The minimum Gasteiger partial charge on any atom is -0.490 e. The number of halogens is 6. The number of rotatable bonds is 8. The minimum absolute atomic E-state index is 0. The van der Waals surface area contributed by atoms with Crippen molar-refractivity contribution in [3.63, 3.8) is 0 Å². The van der Waals surface area contributed by atoms with Gasteiger partial charge in [-0.05, 0) is 85.1 Å². The molecule has 4 aromatic carbocycles. The molecule has 1 saturated heterocycles. The summed E-state index contributed by atoms with van der Waals surface area (Å²) in [6, 6.07) is 23.4. The first-order valence-corrected chi connectivity index (χ1v) is 17.4. The number of piperazine rings is 1. The van der Waals surface area contributed by atoms with Crippen LogP contribution in [0.15, 0.2) is 96.0 Å². The van der Waals surface area contributed by atoms with Crippen molar-refractivity contribution in [3.05, 3.63) is 134 Å². The van der Waals surface area contributed by atoms with E-state index in [-0.39, 0.29) is 41.4 Å². The number of hydrogen-bond donors (Lipinski definition) is 0. The van der Waals surface area contributed by atoms with Crippen molar-refractivity contribution in [2.45, 2.75) is 51.7 Å². The predicted molar refractivity (Wildman–Crippen MR) is 200 cm³/mol. The molecule has 2 unspecified atom stereocenters. The number of hydrogen-bond acceptors (Lipinski definition) is 5. The van der Waals surface area contributed by atoms with Gasteiger partial charge in [0.2, 0.25) is 5.91 Å². The van der Waals surface area contributed by atoms with Crippen molar-refractivity contribution in [2.24, 2.45) is 4.99 Å². The van der Waals surface area contributed by atoms with Crippen LogP contribution in [0.25, 0.3) is 0 Å². The highest BCUT2D eigenvalue weighted by molar-refractivity contribution is 6.30. The van der Waals surface area contributed by atoms with E-state index in [2.05, 4.69) is 4.90 Å². The summed E-state index contributed by atoms with van der Waals surface area (Å²) in [5, 5.41) is 1.03. The molecule has 6 rings (SSSR count). The molecule has 2 amide bonds. The van der Waals surface area contributed by atoms with Gasteiger partial charge in [0.05, 0.1) is 23.3 Å². The molecule has 0 spiro atoms. The van der Waals surface area contributed by atoms with E-state index in [0.29, 0.717) is 35.2 Å². The molecule has 2 heterocycles. The second-order valence-electron chi connectivity index (χ2n) is 13.0. The Kier molecular flexibility index (Phi) is 12.3. The lowest BCUT2D eigenvalue weighted by Gasteiger charge is -2.34. The van der Waals surface area contributed by atoms with Gasteiger partial charge >= 0.3 is 6.18 Å². The lowest BCUT2D eigenvalue weighted by atomic mass is 9.93. The van der Waals surface area contributed by atoms with Gasteiger partial charge in [-0.2, -0.15) is 13.2 Å². The molecule has 1 fully saturated rings. The van der Waals surface area contributed by atoms with Crippen molar-refractivity contribution in [1.29, 1.82) is 0 Å². The summed E-state index contributed by atoms with van der Waals surface area (Å²) < 4.78 is 47.7. The van der Waals surface area contributed by atoms with E-state index >= 15 is 0 Å². The molecule has 0 aliphatic carbocycles. The zero-order chi connectivity index (χ0) is 36.4. The van der Waals surface area contributed by atoms with E-state index in [1.165, 1.54) is 6.07 Å². The number of carbonyl (C=O) groups excluding carboxylic acids is 2. The van der Waals surface area contributed by atoms with E-state index in [4.69, 9.17) is 32.9 Å². The van der Waals surface area contributed by atoms with Gasteiger partial charge in [0.1, 0.15) is 17.6 Å². The molecule has 2 aliphatic heterocycles. The summed E-state index contributed by atoms with van der Waals surface area (Å²) in [5.74, 6) is -0.182. The molecular formula is C39H38Cl3F3N4O3. The number of nitrogens with zero attached hydrogens (tertiary/aromatic N) is 4. The molecule has 0 aromatic heterocycles. The van der Waals surface area contributed by atoms with Crippen LogP contribution >= 0.6 is 35.6 Å². The highest BCUT2D eigenvalue weighted by Crippen LogP contribution is 2.46. The normalized spacial score (nSPS) is 17.9. The molecule has 2 aliphatic rings. The van der Waals surface area contributed by atoms with Crippen molar-refractivity contribution < 1.29 is 27.5 Å². The van der Waals surface area contributed by atoms with E-state index in [9.17, 15) is 22.8 Å². The van der Waals surface area contributed by atoms with Gasteiger partial charge in [-0.1, -0.05) is 59.6 Å². The lowest BCUT2D eigenvalue weighted by molar-refractivity contribution is -0.137. The molecule has 274 valence electrons. The smallest absolute Gasteiger partial charge is 0.416 e. The molecule has 13 heteroatoms. The summed E-state index contributed by atoms with van der Waals surface area (Å²) in [5.41, 5.74) is 2.24. The maximum atomic E-state index is 14.8. The number of aliphatic imine (C=N–C) groups is 1. The Bertz CT molecular complexity index is 1910. The molecule has 52 heavy (non-hydrogen) atoms. The third-order valence-corrected chi connectivity index (χ3v) is 9.55. The Morgan fingerprint density at radius 3 is 1.96 bits per heavy atom. The summed E-state index contributed by atoms with van der Waals surface area (Å²) in [7, 11) is 0. The van der Waals surface area contributed by atoms with Gasteiger partial charge in [0.15, 0.2) is 0 Å². The Balaban J connectivity index is 0.00000523. The average Bonchev–Trinajstić information content (AvgIpc) is 3.49. The third kappa shape index (κ3) is 8.74. The number of alkyl halides is 3. The second kappa shape index (κ2) is 16.3. The number of carbonyl (C=O) groups is 2. The monoisotopic (exact) mass is 772 g/mol. The molecule has 2 atom stereocenters. The van der Waals surface area contributed by atoms with Gasteiger partial charge in [0, 0.05) is 55.3 Å². The van der Waals surface area contributed by atoms with Gasteiger partial charge in [-0.25, -0.2) is 0 Å². The summed E-state index contributed by atoms with van der Waals surface area (Å²) in [4.78, 5) is 37.3. The largest absolute Gasteiger partial charge is 0.490 e. The predicted octanol–water partition coefficient (Wildman–Crippen LogP) is 9.27. The Labute approximate surface area is 317 Å². The first-order chi connectivity index (χ1) is 24.3. The summed E-state index contributed by atoms with van der Waals surface area (Å²) in [6.45, 7) is 8.50. The van der Waals surface area contributed by atoms with Crippen LogP contribution in [-0.4, -0.2) is 64.6 Å². The Morgan fingerprint density at radius 2 is 1.42 bits per heavy atom. The maximum Gasteiger partial charge on any atom is 0.416 e. The lowest BCUT2D eigenvalue weighted by Crippen LogP contribution is -2.47. The quantitative estimate of drug-likeness (QED) is 0.179. The standard InChI is InChI=1S/C39H37Cl2F3N4O3.ClH/c1-24(2)51-34-22-30(39(42,43)44)12-17-33(34)37-45-35(27-8-13-31(40)14-9-27)36(28-10-15-32(41)16-11-28)48(37)38(50)29-6-4-26(5-7-29)23-46-18-20-47(21-19-46)25(3)49;/h4-17,22,24,35-36H,18-21,23H2,1-3H3;1H. The second-order valence-corrected chi connectivity index (χ2v) is 13.8. The van der Waals surface area contributed by atoms with Crippen molar-refractivity contribution in [3.8, 4) is 5.75 Å². The van der Waals surface area contributed by atoms with Crippen molar-refractivity contribution >= 4 is 53.3 Å². The van der Waals surface area contributed by atoms with Gasteiger partial charge < -0.3 is 9.64 Å². The van der Waals surface area contributed by atoms with Gasteiger partial charge in [-0.15, -0.1) is 12.4 Å². The van der Waals surface area contributed by atoms with Gasteiger partial charge in [-0.3, -0.25) is 24.4 Å². The van der Waals surface area contributed by atoms with Crippen LogP contribution in [0.2, 0.25) is 10.0 Å².